The Balaban J connectivity index is 2.20. The number of nitrogens with one attached hydrogen (secondary N) is 1. The molecule has 0 aliphatic carbocycles. The average Bonchev–Trinajstić information content (AvgIpc) is 2.67. The van der Waals surface area contributed by atoms with Crippen molar-refractivity contribution in [2.75, 3.05) is 13.1 Å². The molecule has 6 heteroatoms. The van der Waals surface area contributed by atoms with E-state index in [1.54, 1.807) is 26.0 Å². The van der Waals surface area contributed by atoms with Crippen molar-refractivity contribution in [2.45, 2.75) is 38.6 Å². The summed E-state index contributed by atoms with van der Waals surface area (Å²) in [6, 6.07) is 15.8. The van der Waals surface area contributed by atoms with Crippen LogP contribution in [0.15, 0.2) is 59.5 Å². The van der Waals surface area contributed by atoms with Crippen LogP contribution in [0.25, 0.3) is 0 Å². The molecular weight excluding hydrogens is 360 g/mol. The molecule has 27 heavy (non-hydrogen) atoms. The zero-order chi connectivity index (χ0) is 20.0. The molecule has 2 aromatic rings. The van der Waals surface area contributed by atoms with E-state index in [1.165, 1.54) is 16.4 Å². The van der Waals surface area contributed by atoms with E-state index < -0.39 is 10.0 Å². The van der Waals surface area contributed by atoms with Gasteiger partial charge in [-0.25, -0.2) is 8.42 Å². The molecule has 1 N–H and O–H groups in total. The molecule has 0 aliphatic heterocycles. The van der Waals surface area contributed by atoms with Gasteiger partial charge in [-0.3, -0.25) is 4.79 Å². The van der Waals surface area contributed by atoms with Gasteiger partial charge in [-0.05, 0) is 35.7 Å². The van der Waals surface area contributed by atoms with Crippen molar-refractivity contribution in [2.24, 2.45) is 5.92 Å². The number of amides is 1. The maximum Gasteiger partial charge on any atom is 0.251 e. The Bertz CT molecular complexity index is 843. The van der Waals surface area contributed by atoms with Crippen LogP contribution in [0.5, 0.6) is 0 Å². The Kier molecular flexibility index (Phi) is 7.16. The molecule has 0 saturated carbocycles. The molecule has 0 saturated heterocycles. The molecule has 2 aromatic carbocycles. The number of rotatable bonds is 8. The lowest BCUT2D eigenvalue weighted by Gasteiger charge is -2.23. The monoisotopic (exact) mass is 388 g/mol. The van der Waals surface area contributed by atoms with Crippen LogP contribution in [0.3, 0.4) is 0 Å². The van der Waals surface area contributed by atoms with Gasteiger partial charge in [-0.15, -0.1) is 0 Å². The first-order valence-electron chi connectivity index (χ1n) is 9.27. The largest absolute Gasteiger partial charge is 0.345 e. The first kappa shape index (κ1) is 21.1. The van der Waals surface area contributed by atoms with Gasteiger partial charge in [0.05, 0.1) is 10.9 Å². The molecule has 0 spiro atoms. The Morgan fingerprint density at radius 3 is 2.00 bits per heavy atom. The first-order chi connectivity index (χ1) is 12.8. The molecule has 0 bridgehead atoms. The lowest BCUT2D eigenvalue weighted by atomic mass is 9.95. The first-order valence-corrected chi connectivity index (χ1v) is 10.7. The third-order valence-corrected chi connectivity index (χ3v) is 6.64. The molecule has 2 rings (SSSR count). The molecule has 1 atom stereocenters. The summed E-state index contributed by atoms with van der Waals surface area (Å²) < 4.78 is 26.5. The smallest absolute Gasteiger partial charge is 0.251 e. The van der Waals surface area contributed by atoms with Crippen molar-refractivity contribution in [1.29, 1.82) is 0 Å². The fourth-order valence-corrected chi connectivity index (χ4v) is 4.47. The fraction of sp³-hybridized carbons (Fsp3) is 0.381. The third-order valence-electron chi connectivity index (χ3n) is 4.57. The summed E-state index contributed by atoms with van der Waals surface area (Å²) in [5, 5.41) is 3.05. The van der Waals surface area contributed by atoms with Gasteiger partial charge < -0.3 is 5.32 Å². The molecule has 0 heterocycles. The van der Waals surface area contributed by atoms with Crippen molar-refractivity contribution in [3.05, 3.63) is 65.7 Å². The Hall–Kier alpha value is -2.18. The predicted molar refractivity (Wildman–Crippen MR) is 108 cm³/mol. The van der Waals surface area contributed by atoms with E-state index in [-0.39, 0.29) is 22.8 Å². The number of hydrogen-bond donors (Lipinski definition) is 1. The van der Waals surface area contributed by atoms with Gasteiger partial charge in [0.25, 0.3) is 5.91 Å². The molecule has 0 aliphatic rings. The number of carbonyl (C=O) groups is 1. The minimum absolute atomic E-state index is 0.113. The molecule has 5 nitrogen and oxygen atoms in total. The highest BCUT2D eigenvalue weighted by Crippen LogP contribution is 2.22. The zero-order valence-electron chi connectivity index (χ0n) is 16.3. The lowest BCUT2D eigenvalue weighted by molar-refractivity contribution is 0.0925. The molecular formula is C21H28N2O3S. The van der Waals surface area contributed by atoms with Gasteiger partial charge in [0.2, 0.25) is 10.0 Å². The van der Waals surface area contributed by atoms with Gasteiger partial charge in [-0.1, -0.05) is 58.0 Å². The Morgan fingerprint density at radius 2 is 1.52 bits per heavy atom. The summed E-state index contributed by atoms with van der Waals surface area (Å²) in [7, 11) is -3.52. The van der Waals surface area contributed by atoms with E-state index in [9.17, 15) is 13.2 Å². The number of sulfonamides is 1. The maximum absolute atomic E-state index is 12.7. The van der Waals surface area contributed by atoms with Crippen LogP contribution in [0.4, 0.5) is 0 Å². The Labute approximate surface area is 162 Å². The standard InChI is InChI=1S/C21H28N2O3S/c1-5-23(6-2)27(25,26)19-14-12-18(13-15-19)21(24)22-20(16(3)4)17-10-8-7-9-11-17/h7-16,20H,5-6H2,1-4H3,(H,22,24)/t20-/m0/s1. The summed E-state index contributed by atoms with van der Waals surface area (Å²) in [6.07, 6.45) is 0. The molecule has 0 fully saturated rings. The number of carbonyl (C=O) groups excluding carboxylic acids is 1. The van der Waals surface area contributed by atoms with Crippen LogP contribution < -0.4 is 5.32 Å². The minimum Gasteiger partial charge on any atom is -0.345 e. The van der Waals surface area contributed by atoms with E-state index in [4.69, 9.17) is 0 Å². The summed E-state index contributed by atoms with van der Waals surface area (Å²) in [6.45, 7) is 8.54. The number of benzene rings is 2. The Morgan fingerprint density at radius 1 is 0.963 bits per heavy atom. The van der Waals surface area contributed by atoms with Gasteiger partial charge in [-0.2, -0.15) is 4.31 Å². The van der Waals surface area contributed by atoms with Gasteiger partial charge in [0.15, 0.2) is 0 Å². The second kappa shape index (κ2) is 9.15. The molecule has 0 radical (unpaired) electrons. The zero-order valence-corrected chi connectivity index (χ0v) is 17.2. The summed E-state index contributed by atoms with van der Waals surface area (Å²) in [5.74, 6) is 0.00278. The van der Waals surface area contributed by atoms with Crippen molar-refractivity contribution in [1.82, 2.24) is 9.62 Å². The summed E-state index contributed by atoms with van der Waals surface area (Å²) >= 11 is 0. The van der Waals surface area contributed by atoms with E-state index in [0.717, 1.165) is 5.56 Å². The highest BCUT2D eigenvalue weighted by Gasteiger charge is 2.23. The minimum atomic E-state index is -3.52. The highest BCUT2D eigenvalue weighted by molar-refractivity contribution is 7.89. The number of hydrogen-bond acceptors (Lipinski definition) is 3. The fourth-order valence-electron chi connectivity index (χ4n) is 3.01. The van der Waals surface area contributed by atoms with Crippen molar-refractivity contribution in [3.8, 4) is 0 Å². The quantitative estimate of drug-likeness (QED) is 0.747. The van der Waals surface area contributed by atoms with Crippen LogP contribution >= 0.6 is 0 Å². The summed E-state index contributed by atoms with van der Waals surface area (Å²) in [4.78, 5) is 12.9. The van der Waals surface area contributed by atoms with Crippen molar-refractivity contribution >= 4 is 15.9 Å². The van der Waals surface area contributed by atoms with Crippen molar-refractivity contribution in [3.63, 3.8) is 0 Å². The van der Waals surface area contributed by atoms with Crippen LogP contribution in [-0.2, 0) is 10.0 Å². The van der Waals surface area contributed by atoms with Crippen molar-refractivity contribution < 1.29 is 13.2 Å². The van der Waals surface area contributed by atoms with E-state index >= 15 is 0 Å². The molecule has 1 amide bonds. The molecule has 0 unspecified atom stereocenters. The van der Waals surface area contributed by atoms with E-state index in [1.807, 2.05) is 30.3 Å². The topological polar surface area (TPSA) is 66.5 Å². The lowest BCUT2D eigenvalue weighted by Crippen LogP contribution is -2.32. The summed E-state index contributed by atoms with van der Waals surface area (Å²) in [5.41, 5.74) is 1.48. The highest BCUT2D eigenvalue weighted by atomic mass is 32.2. The second-order valence-corrected chi connectivity index (χ2v) is 8.66. The third kappa shape index (κ3) is 4.96. The van der Waals surface area contributed by atoms with Crippen LogP contribution in [-0.4, -0.2) is 31.7 Å². The van der Waals surface area contributed by atoms with E-state index in [0.29, 0.717) is 18.7 Å². The van der Waals surface area contributed by atoms with Gasteiger partial charge >= 0.3 is 0 Å². The van der Waals surface area contributed by atoms with Crippen LogP contribution in [0.1, 0.15) is 49.7 Å². The second-order valence-electron chi connectivity index (χ2n) is 6.72. The maximum atomic E-state index is 12.7. The average molecular weight is 389 g/mol. The number of nitrogens with zero attached hydrogens (tertiary/aromatic N) is 1. The van der Waals surface area contributed by atoms with Gasteiger partial charge in [0, 0.05) is 18.7 Å². The molecule has 0 aromatic heterocycles. The molecule has 146 valence electrons. The van der Waals surface area contributed by atoms with Gasteiger partial charge in [0.1, 0.15) is 0 Å². The normalized spacial score (nSPS) is 13.0. The van der Waals surface area contributed by atoms with Crippen LogP contribution in [0.2, 0.25) is 0 Å². The van der Waals surface area contributed by atoms with E-state index in [2.05, 4.69) is 19.2 Å². The predicted octanol–water partition coefficient (Wildman–Crippen LogP) is 3.84. The van der Waals surface area contributed by atoms with Crippen LogP contribution in [0, 0.1) is 5.92 Å². The SMILES string of the molecule is CCN(CC)S(=O)(=O)c1ccc(C(=O)N[C@H](c2ccccc2)C(C)C)cc1.